The first-order chi connectivity index (χ1) is 16.4. The van der Waals surface area contributed by atoms with Gasteiger partial charge in [0.2, 0.25) is 0 Å². The van der Waals surface area contributed by atoms with Crippen LogP contribution >= 0.6 is 0 Å². The number of carbonyl (C=O) groups is 1. The summed E-state index contributed by atoms with van der Waals surface area (Å²) in [6.07, 6.45) is 2.28. The third kappa shape index (κ3) is 5.04. The topological polar surface area (TPSA) is 49.3 Å². The molecule has 1 atom stereocenters. The maximum absolute atomic E-state index is 13.8. The lowest BCUT2D eigenvalue weighted by atomic mass is 9.62. The van der Waals surface area contributed by atoms with E-state index in [-0.39, 0.29) is 22.7 Å². The summed E-state index contributed by atoms with van der Waals surface area (Å²) in [4.78, 5) is 11.6. The van der Waals surface area contributed by atoms with Crippen LogP contribution in [0.3, 0.4) is 0 Å². The molecule has 0 heterocycles. The molecule has 35 heavy (non-hydrogen) atoms. The number of fused-ring (bicyclic) bond motifs is 1. The highest BCUT2D eigenvalue weighted by atomic mass is 19.1. The second-order valence-corrected chi connectivity index (χ2v) is 11.3. The predicted molar refractivity (Wildman–Crippen MR) is 140 cm³/mol. The van der Waals surface area contributed by atoms with E-state index in [2.05, 4.69) is 52.1 Å². The van der Waals surface area contributed by atoms with Crippen LogP contribution in [-0.2, 0) is 17.4 Å². The Balaban J connectivity index is 1.83. The van der Waals surface area contributed by atoms with Gasteiger partial charge in [0.05, 0.1) is 11.6 Å². The number of benzene rings is 3. The van der Waals surface area contributed by atoms with Crippen LogP contribution in [0.25, 0.3) is 0 Å². The van der Waals surface area contributed by atoms with E-state index in [4.69, 9.17) is 0 Å². The first kappa shape index (κ1) is 25.1. The molecule has 0 spiro atoms. The number of hydrogen-bond acceptors (Lipinski definition) is 2. The number of hydrogen-bond donors (Lipinski definition) is 2. The molecule has 3 aromatic rings. The minimum absolute atomic E-state index is 0.0729. The summed E-state index contributed by atoms with van der Waals surface area (Å²) in [6, 6.07) is 16.7. The van der Waals surface area contributed by atoms with Crippen LogP contribution in [0.2, 0.25) is 0 Å². The molecular formula is C31H36FNO2. The fraction of sp³-hybridized carbons (Fsp3) is 0.387. The van der Waals surface area contributed by atoms with E-state index in [0.29, 0.717) is 12.1 Å². The number of halogens is 1. The van der Waals surface area contributed by atoms with Gasteiger partial charge >= 0.3 is 5.97 Å². The summed E-state index contributed by atoms with van der Waals surface area (Å²) in [6.45, 7) is 13.8. The van der Waals surface area contributed by atoms with E-state index in [1.807, 2.05) is 25.1 Å². The van der Waals surface area contributed by atoms with E-state index >= 15 is 0 Å². The van der Waals surface area contributed by atoms with Crippen molar-refractivity contribution in [2.75, 3.05) is 0 Å². The van der Waals surface area contributed by atoms with E-state index in [0.717, 1.165) is 29.5 Å². The molecule has 0 saturated heterocycles. The molecule has 3 nitrogen and oxygen atoms in total. The van der Waals surface area contributed by atoms with Gasteiger partial charge in [-0.25, -0.2) is 9.18 Å². The molecule has 4 heteroatoms. The van der Waals surface area contributed by atoms with Crippen molar-refractivity contribution in [1.29, 1.82) is 0 Å². The molecule has 3 aromatic carbocycles. The van der Waals surface area contributed by atoms with Gasteiger partial charge in [-0.2, -0.15) is 0 Å². The number of carboxylic acids is 1. The Bertz CT molecular complexity index is 1270. The van der Waals surface area contributed by atoms with Crippen LogP contribution in [0.4, 0.5) is 4.39 Å². The van der Waals surface area contributed by atoms with Crippen molar-refractivity contribution in [3.05, 3.63) is 105 Å². The van der Waals surface area contributed by atoms with Gasteiger partial charge in [-0.3, -0.25) is 0 Å². The Morgan fingerprint density at radius 3 is 2.20 bits per heavy atom. The second kappa shape index (κ2) is 9.23. The molecular weight excluding hydrogens is 437 g/mol. The van der Waals surface area contributed by atoms with Crippen LogP contribution in [0.15, 0.2) is 54.6 Å². The van der Waals surface area contributed by atoms with Crippen LogP contribution < -0.4 is 5.32 Å². The van der Waals surface area contributed by atoms with E-state index in [1.165, 1.54) is 28.3 Å². The monoisotopic (exact) mass is 473 g/mol. The number of rotatable bonds is 6. The van der Waals surface area contributed by atoms with Gasteiger partial charge in [-0.05, 0) is 94.7 Å². The summed E-state index contributed by atoms with van der Waals surface area (Å²) in [7, 11) is 0. The van der Waals surface area contributed by atoms with E-state index in [9.17, 15) is 14.3 Å². The summed E-state index contributed by atoms with van der Waals surface area (Å²) < 4.78 is 13.8. The fourth-order valence-corrected chi connectivity index (χ4v) is 5.43. The lowest BCUT2D eigenvalue weighted by Crippen LogP contribution is -2.34. The third-order valence-corrected chi connectivity index (χ3v) is 7.76. The van der Waals surface area contributed by atoms with Crippen molar-refractivity contribution in [2.45, 2.75) is 77.8 Å². The van der Waals surface area contributed by atoms with Crippen molar-refractivity contribution in [3.63, 3.8) is 0 Å². The van der Waals surface area contributed by atoms with Crippen molar-refractivity contribution >= 4 is 5.97 Å². The van der Waals surface area contributed by atoms with Crippen molar-refractivity contribution in [1.82, 2.24) is 5.32 Å². The average Bonchev–Trinajstić information content (AvgIpc) is 2.77. The molecule has 0 fully saturated rings. The first-order valence-corrected chi connectivity index (χ1v) is 12.4. The maximum Gasteiger partial charge on any atom is 0.335 e. The summed E-state index contributed by atoms with van der Waals surface area (Å²) in [5.41, 5.74) is 8.27. The first-order valence-electron chi connectivity index (χ1n) is 12.4. The minimum Gasteiger partial charge on any atom is -0.478 e. The Morgan fingerprint density at radius 1 is 0.943 bits per heavy atom. The van der Waals surface area contributed by atoms with Gasteiger partial charge in [0.25, 0.3) is 0 Å². The minimum atomic E-state index is -0.924. The maximum atomic E-state index is 13.8. The molecule has 4 rings (SSSR count). The summed E-state index contributed by atoms with van der Waals surface area (Å²) in [5.74, 6) is -1.18. The lowest BCUT2D eigenvalue weighted by Gasteiger charge is -2.43. The quantitative estimate of drug-likeness (QED) is 0.393. The molecule has 1 aliphatic carbocycles. The van der Waals surface area contributed by atoms with Crippen molar-refractivity contribution < 1.29 is 14.3 Å². The second-order valence-electron chi connectivity index (χ2n) is 11.3. The van der Waals surface area contributed by atoms with Gasteiger partial charge in [-0.15, -0.1) is 0 Å². The van der Waals surface area contributed by atoms with Crippen LogP contribution in [-0.4, -0.2) is 11.1 Å². The number of carboxylic acid groups (broad SMARTS) is 1. The zero-order valence-corrected chi connectivity index (χ0v) is 21.6. The number of nitrogens with one attached hydrogen (secondary N) is 1. The summed E-state index contributed by atoms with van der Waals surface area (Å²) in [5, 5.41) is 13.2. The molecule has 0 saturated carbocycles. The van der Waals surface area contributed by atoms with Gasteiger partial charge in [0, 0.05) is 6.54 Å². The largest absolute Gasteiger partial charge is 0.478 e. The Hall–Kier alpha value is -2.98. The van der Waals surface area contributed by atoms with Gasteiger partial charge in [0.1, 0.15) is 5.82 Å². The SMILES string of the molecule is Cc1cc(C(NCc2cccc(F)c2)c2cc3c(cc2C)C(C)(C)CCC3(C)C)ccc1C(=O)O. The Morgan fingerprint density at radius 2 is 1.60 bits per heavy atom. The van der Waals surface area contributed by atoms with E-state index in [1.54, 1.807) is 18.2 Å². The van der Waals surface area contributed by atoms with Crippen molar-refractivity contribution in [3.8, 4) is 0 Å². The number of aromatic carboxylic acids is 1. The van der Waals surface area contributed by atoms with Crippen LogP contribution in [0.1, 0.15) is 95.9 Å². The molecule has 1 unspecified atom stereocenters. The van der Waals surface area contributed by atoms with Crippen LogP contribution in [0.5, 0.6) is 0 Å². The van der Waals surface area contributed by atoms with Crippen molar-refractivity contribution in [2.24, 2.45) is 0 Å². The van der Waals surface area contributed by atoms with E-state index < -0.39 is 5.97 Å². The highest BCUT2D eigenvalue weighted by molar-refractivity contribution is 5.89. The molecule has 0 radical (unpaired) electrons. The van der Waals surface area contributed by atoms with Gasteiger partial charge in [0.15, 0.2) is 0 Å². The number of aryl methyl sites for hydroxylation is 2. The molecule has 2 N–H and O–H groups in total. The lowest BCUT2D eigenvalue weighted by molar-refractivity contribution is 0.0696. The van der Waals surface area contributed by atoms with Gasteiger partial charge in [-0.1, -0.05) is 64.1 Å². The van der Waals surface area contributed by atoms with Crippen LogP contribution in [0, 0.1) is 19.7 Å². The third-order valence-electron chi connectivity index (χ3n) is 7.76. The highest BCUT2D eigenvalue weighted by Gasteiger charge is 2.38. The highest BCUT2D eigenvalue weighted by Crippen LogP contribution is 2.47. The van der Waals surface area contributed by atoms with Gasteiger partial charge < -0.3 is 10.4 Å². The molecule has 0 aliphatic heterocycles. The zero-order chi connectivity index (χ0) is 25.5. The predicted octanol–water partition coefficient (Wildman–Crippen LogP) is 7.37. The molecule has 0 aromatic heterocycles. The summed E-state index contributed by atoms with van der Waals surface area (Å²) >= 11 is 0. The Kier molecular flexibility index (Phi) is 6.63. The smallest absolute Gasteiger partial charge is 0.335 e. The molecule has 0 bridgehead atoms. The average molecular weight is 474 g/mol. The fourth-order valence-electron chi connectivity index (χ4n) is 5.43. The molecule has 0 amide bonds. The zero-order valence-electron chi connectivity index (χ0n) is 21.6. The Labute approximate surface area is 208 Å². The standard InChI is InChI=1S/C31H36FNO2/c1-19-14-22(10-11-24(19)29(34)35)28(33-18-21-8-7-9-23(32)16-21)25-17-27-26(15-20(25)2)30(3,4)12-13-31(27,5)6/h7-11,14-17,28,33H,12-13,18H2,1-6H3,(H,34,35). The molecule has 1 aliphatic rings. The molecule has 184 valence electrons. The normalized spacial score (nSPS) is 17.0.